The van der Waals surface area contributed by atoms with Crippen LogP contribution in [-0.2, 0) is 28.6 Å². The molecule has 1 unspecified atom stereocenters. The minimum absolute atomic E-state index is 0.0647. The third-order valence-electron chi connectivity index (χ3n) is 10.2. The van der Waals surface area contributed by atoms with Crippen LogP contribution >= 0.6 is 0 Å². The molecule has 0 saturated heterocycles. The lowest BCUT2D eigenvalue weighted by Crippen LogP contribution is -2.30. The molecule has 0 heterocycles. The van der Waals surface area contributed by atoms with Gasteiger partial charge < -0.3 is 14.2 Å². The van der Waals surface area contributed by atoms with Gasteiger partial charge in [0.2, 0.25) is 0 Å². The first-order valence-corrected chi connectivity index (χ1v) is 21.9. The molecule has 0 aliphatic carbocycles. The summed E-state index contributed by atoms with van der Waals surface area (Å²) in [7, 11) is 0. The summed E-state index contributed by atoms with van der Waals surface area (Å²) >= 11 is 0. The van der Waals surface area contributed by atoms with Gasteiger partial charge in [-0.2, -0.15) is 0 Å². The molecule has 0 bridgehead atoms. The Hall–Kier alpha value is -1.59. The molecular formula is C44H84O6. The summed E-state index contributed by atoms with van der Waals surface area (Å²) in [6.07, 6.45) is 36.6. The Labute approximate surface area is 310 Å². The van der Waals surface area contributed by atoms with Gasteiger partial charge in [0.25, 0.3) is 0 Å². The monoisotopic (exact) mass is 709 g/mol. The highest BCUT2D eigenvalue weighted by molar-refractivity contribution is 5.71. The number of carbonyl (C=O) groups excluding carboxylic acids is 3. The Balaban J connectivity index is 4.29. The molecular weight excluding hydrogens is 624 g/mol. The lowest BCUT2D eigenvalue weighted by Gasteiger charge is -2.18. The molecule has 0 saturated carbocycles. The van der Waals surface area contributed by atoms with E-state index in [4.69, 9.17) is 14.2 Å². The van der Waals surface area contributed by atoms with Gasteiger partial charge in [-0.1, -0.05) is 201 Å². The number of hydrogen-bond donors (Lipinski definition) is 0. The van der Waals surface area contributed by atoms with E-state index in [0.29, 0.717) is 19.3 Å². The largest absolute Gasteiger partial charge is 0.462 e. The maximum atomic E-state index is 12.7. The van der Waals surface area contributed by atoms with Crippen LogP contribution in [0.5, 0.6) is 0 Å². The zero-order valence-electron chi connectivity index (χ0n) is 33.9. The third kappa shape index (κ3) is 36.2. The molecule has 0 aliphatic heterocycles. The van der Waals surface area contributed by atoms with E-state index in [1.54, 1.807) is 0 Å². The van der Waals surface area contributed by atoms with Gasteiger partial charge in [-0.05, 0) is 25.2 Å². The van der Waals surface area contributed by atoms with Gasteiger partial charge in [0.05, 0.1) is 0 Å². The Morgan fingerprint density at radius 2 is 0.700 bits per heavy atom. The molecule has 0 rings (SSSR count). The van der Waals surface area contributed by atoms with E-state index in [0.717, 1.165) is 63.7 Å². The quantitative estimate of drug-likeness (QED) is 0.0359. The molecule has 0 aliphatic rings. The van der Waals surface area contributed by atoms with Gasteiger partial charge in [-0.25, -0.2) is 0 Å². The van der Waals surface area contributed by atoms with Crippen molar-refractivity contribution in [1.29, 1.82) is 0 Å². The SMILES string of the molecule is CCCCCCCCCCCCCCCC(=O)OC[C@H](COC(=O)CCCCCCCCC)OC(=O)CCCCCCCCCCC(C)CC. The topological polar surface area (TPSA) is 78.9 Å². The number of carbonyl (C=O) groups is 3. The van der Waals surface area contributed by atoms with E-state index in [2.05, 4.69) is 27.7 Å². The zero-order valence-corrected chi connectivity index (χ0v) is 33.9. The number of esters is 3. The maximum Gasteiger partial charge on any atom is 0.306 e. The third-order valence-corrected chi connectivity index (χ3v) is 10.2. The van der Waals surface area contributed by atoms with Gasteiger partial charge in [0.1, 0.15) is 13.2 Å². The molecule has 0 aromatic carbocycles. The lowest BCUT2D eigenvalue weighted by molar-refractivity contribution is -0.167. The van der Waals surface area contributed by atoms with Crippen LogP contribution in [0.4, 0.5) is 0 Å². The molecule has 0 fully saturated rings. The second-order valence-electron chi connectivity index (χ2n) is 15.2. The lowest BCUT2D eigenvalue weighted by atomic mass is 9.99. The molecule has 0 aromatic heterocycles. The van der Waals surface area contributed by atoms with Crippen LogP contribution in [0.2, 0.25) is 0 Å². The minimum Gasteiger partial charge on any atom is -0.462 e. The molecule has 2 atom stereocenters. The normalized spacial score (nSPS) is 12.5. The van der Waals surface area contributed by atoms with Crippen LogP contribution in [0.15, 0.2) is 0 Å². The highest BCUT2D eigenvalue weighted by Crippen LogP contribution is 2.16. The standard InChI is InChI=1S/C44H84O6/c1-5-8-10-12-14-15-16-17-18-19-24-28-32-36-43(46)49-39-41(38-48-42(45)35-31-27-22-13-11-9-6-2)50-44(47)37-33-29-25-21-20-23-26-30-34-40(4)7-3/h40-41H,5-39H2,1-4H3/t40?,41-/m0/s1. The summed E-state index contributed by atoms with van der Waals surface area (Å²) in [5.41, 5.74) is 0. The van der Waals surface area contributed by atoms with Gasteiger partial charge in [0, 0.05) is 19.3 Å². The molecule has 296 valence electrons. The summed E-state index contributed by atoms with van der Waals surface area (Å²) in [4.78, 5) is 37.5. The summed E-state index contributed by atoms with van der Waals surface area (Å²) in [5, 5.41) is 0. The van der Waals surface area contributed by atoms with Gasteiger partial charge in [-0.3, -0.25) is 14.4 Å². The average Bonchev–Trinajstić information content (AvgIpc) is 3.11. The molecule has 0 amide bonds. The molecule has 6 heteroatoms. The van der Waals surface area contributed by atoms with Crippen molar-refractivity contribution in [3.8, 4) is 0 Å². The second-order valence-corrected chi connectivity index (χ2v) is 15.2. The Kier molecular flexibility index (Phi) is 37.4. The highest BCUT2D eigenvalue weighted by atomic mass is 16.6. The van der Waals surface area contributed by atoms with Crippen molar-refractivity contribution in [2.24, 2.45) is 5.92 Å². The molecule has 0 spiro atoms. The van der Waals surface area contributed by atoms with E-state index >= 15 is 0 Å². The molecule has 0 N–H and O–H groups in total. The van der Waals surface area contributed by atoms with E-state index in [1.165, 1.54) is 135 Å². The van der Waals surface area contributed by atoms with Crippen molar-refractivity contribution in [1.82, 2.24) is 0 Å². The second kappa shape index (κ2) is 38.6. The van der Waals surface area contributed by atoms with Crippen LogP contribution in [0.3, 0.4) is 0 Å². The first kappa shape index (κ1) is 48.4. The number of unbranched alkanes of at least 4 members (excludes halogenated alkanes) is 25. The van der Waals surface area contributed by atoms with E-state index in [1.807, 2.05) is 0 Å². The predicted octanol–water partition coefficient (Wildman–Crippen LogP) is 13.6. The van der Waals surface area contributed by atoms with E-state index < -0.39 is 6.10 Å². The number of ether oxygens (including phenoxy) is 3. The fourth-order valence-corrected chi connectivity index (χ4v) is 6.42. The van der Waals surface area contributed by atoms with Crippen molar-refractivity contribution < 1.29 is 28.6 Å². The Morgan fingerprint density at radius 1 is 0.400 bits per heavy atom. The van der Waals surface area contributed by atoms with Gasteiger partial charge in [-0.15, -0.1) is 0 Å². The number of hydrogen-bond acceptors (Lipinski definition) is 6. The first-order chi connectivity index (χ1) is 24.4. The van der Waals surface area contributed by atoms with Gasteiger partial charge >= 0.3 is 17.9 Å². The predicted molar refractivity (Wildman–Crippen MR) is 210 cm³/mol. The average molecular weight is 709 g/mol. The number of rotatable bonds is 39. The van der Waals surface area contributed by atoms with Gasteiger partial charge in [0.15, 0.2) is 6.10 Å². The summed E-state index contributed by atoms with van der Waals surface area (Å²) in [5.74, 6) is -0.0193. The van der Waals surface area contributed by atoms with Crippen molar-refractivity contribution in [2.75, 3.05) is 13.2 Å². The van der Waals surface area contributed by atoms with Crippen LogP contribution in [0.25, 0.3) is 0 Å². The molecule has 0 radical (unpaired) electrons. The fraction of sp³-hybridized carbons (Fsp3) is 0.932. The zero-order chi connectivity index (χ0) is 36.8. The van der Waals surface area contributed by atoms with Crippen molar-refractivity contribution in [3.05, 3.63) is 0 Å². The molecule has 0 aromatic rings. The molecule has 50 heavy (non-hydrogen) atoms. The minimum atomic E-state index is -0.758. The van der Waals surface area contributed by atoms with Crippen LogP contribution in [-0.4, -0.2) is 37.2 Å². The summed E-state index contributed by atoms with van der Waals surface area (Å²) < 4.78 is 16.6. The fourth-order valence-electron chi connectivity index (χ4n) is 6.42. The van der Waals surface area contributed by atoms with Crippen molar-refractivity contribution in [2.45, 2.75) is 246 Å². The highest BCUT2D eigenvalue weighted by Gasteiger charge is 2.19. The smallest absolute Gasteiger partial charge is 0.306 e. The van der Waals surface area contributed by atoms with Crippen LogP contribution in [0.1, 0.15) is 240 Å². The van der Waals surface area contributed by atoms with E-state index in [-0.39, 0.29) is 31.1 Å². The van der Waals surface area contributed by atoms with E-state index in [9.17, 15) is 14.4 Å². The maximum absolute atomic E-state index is 12.7. The summed E-state index contributed by atoms with van der Waals surface area (Å²) in [6, 6.07) is 0. The van der Waals surface area contributed by atoms with Crippen molar-refractivity contribution >= 4 is 17.9 Å². The first-order valence-electron chi connectivity index (χ1n) is 21.9. The van der Waals surface area contributed by atoms with Crippen molar-refractivity contribution in [3.63, 3.8) is 0 Å². The van der Waals surface area contributed by atoms with Crippen LogP contribution in [0, 0.1) is 5.92 Å². The van der Waals surface area contributed by atoms with Crippen LogP contribution < -0.4 is 0 Å². The Bertz CT molecular complexity index is 753. The Morgan fingerprint density at radius 3 is 1.04 bits per heavy atom. The summed E-state index contributed by atoms with van der Waals surface area (Å²) in [6.45, 7) is 8.95. The molecule has 6 nitrogen and oxygen atoms in total.